The number of hydrogen-bond donors (Lipinski definition) is 2. The number of rotatable bonds is 5. The van der Waals surface area contributed by atoms with E-state index in [9.17, 15) is 4.79 Å². The van der Waals surface area contributed by atoms with Gasteiger partial charge in [-0.25, -0.2) is 5.43 Å². The number of H-pyrrole nitrogens is 1. The van der Waals surface area contributed by atoms with E-state index in [2.05, 4.69) is 20.7 Å². The molecule has 0 spiro atoms. The van der Waals surface area contributed by atoms with Gasteiger partial charge < -0.3 is 4.74 Å². The van der Waals surface area contributed by atoms with Gasteiger partial charge in [-0.15, -0.1) is 0 Å². The maximum atomic E-state index is 12.1. The average Bonchev–Trinajstić information content (AvgIpc) is 3.13. The van der Waals surface area contributed by atoms with Crippen LogP contribution in [0.4, 0.5) is 0 Å². The zero-order valence-electron chi connectivity index (χ0n) is 13.1. The van der Waals surface area contributed by atoms with Crippen LogP contribution in [0.1, 0.15) is 16.1 Å². The molecule has 0 aliphatic rings. The predicted molar refractivity (Wildman–Crippen MR) is 92.1 cm³/mol. The monoisotopic (exact) mass is 320 g/mol. The van der Waals surface area contributed by atoms with E-state index in [1.54, 1.807) is 19.4 Å². The Labute approximate surface area is 139 Å². The van der Waals surface area contributed by atoms with E-state index in [0.717, 1.165) is 16.9 Å². The number of hydrazone groups is 1. The first kappa shape index (κ1) is 15.5. The zero-order chi connectivity index (χ0) is 16.8. The van der Waals surface area contributed by atoms with Crippen LogP contribution < -0.4 is 10.2 Å². The van der Waals surface area contributed by atoms with Crippen LogP contribution in [0.25, 0.3) is 11.3 Å². The molecule has 1 heterocycles. The molecule has 6 nitrogen and oxygen atoms in total. The average molecular weight is 320 g/mol. The van der Waals surface area contributed by atoms with Crippen LogP contribution >= 0.6 is 0 Å². The van der Waals surface area contributed by atoms with Crippen LogP contribution in [0.2, 0.25) is 0 Å². The first-order valence-corrected chi connectivity index (χ1v) is 7.34. The number of benzene rings is 2. The minimum Gasteiger partial charge on any atom is -0.497 e. The maximum absolute atomic E-state index is 12.1. The van der Waals surface area contributed by atoms with E-state index >= 15 is 0 Å². The minimum absolute atomic E-state index is 0.332. The molecule has 1 aromatic heterocycles. The molecule has 0 radical (unpaired) electrons. The van der Waals surface area contributed by atoms with E-state index in [4.69, 9.17) is 4.74 Å². The fourth-order valence-electron chi connectivity index (χ4n) is 2.13. The Morgan fingerprint density at radius 3 is 2.79 bits per heavy atom. The van der Waals surface area contributed by atoms with Crippen LogP contribution in [0.3, 0.4) is 0 Å². The van der Waals surface area contributed by atoms with E-state index in [1.165, 1.54) is 0 Å². The second kappa shape index (κ2) is 7.23. The molecule has 0 bridgehead atoms. The number of amides is 1. The Balaban J connectivity index is 1.68. The molecule has 0 unspecified atom stereocenters. The highest BCUT2D eigenvalue weighted by molar-refractivity contribution is 5.94. The molecule has 0 fully saturated rings. The summed E-state index contributed by atoms with van der Waals surface area (Å²) in [5, 5.41) is 10.8. The van der Waals surface area contributed by atoms with Crippen molar-refractivity contribution in [2.24, 2.45) is 5.10 Å². The van der Waals surface area contributed by atoms with Gasteiger partial charge >= 0.3 is 0 Å². The number of methoxy groups -OCH3 is 1. The van der Waals surface area contributed by atoms with Gasteiger partial charge in [-0.05, 0) is 23.8 Å². The van der Waals surface area contributed by atoms with Crippen molar-refractivity contribution in [1.29, 1.82) is 0 Å². The topological polar surface area (TPSA) is 79.4 Å². The molecule has 0 saturated heterocycles. The molecule has 24 heavy (non-hydrogen) atoms. The van der Waals surface area contributed by atoms with Crippen molar-refractivity contribution in [3.8, 4) is 17.0 Å². The molecule has 6 heteroatoms. The number of aromatic amines is 1. The third-order valence-corrected chi connectivity index (χ3v) is 3.37. The van der Waals surface area contributed by atoms with E-state index < -0.39 is 0 Å². The van der Waals surface area contributed by atoms with E-state index in [1.807, 2.05) is 54.6 Å². The van der Waals surface area contributed by atoms with Crippen molar-refractivity contribution in [3.05, 3.63) is 71.9 Å². The molecule has 120 valence electrons. The van der Waals surface area contributed by atoms with Gasteiger partial charge in [0, 0.05) is 5.56 Å². The highest BCUT2D eigenvalue weighted by Gasteiger charge is 2.10. The number of hydrogen-bond acceptors (Lipinski definition) is 4. The van der Waals surface area contributed by atoms with Gasteiger partial charge in [0.25, 0.3) is 5.91 Å². The summed E-state index contributed by atoms with van der Waals surface area (Å²) < 4.78 is 5.19. The Hall–Kier alpha value is -3.41. The summed E-state index contributed by atoms with van der Waals surface area (Å²) in [6, 6.07) is 18.6. The van der Waals surface area contributed by atoms with Crippen molar-refractivity contribution in [2.45, 2.75) is 0 Å². The van der Waals surface area contributed by atoms with Crippen LogP contribution in [-0.4, -0.2) is 29.4 Å². The summed E-state index contributed by atoms with van der Waals surface area (Å²) in [4.78, 5) is 12.1. The third kappa shape index (κ3) is 3.67. The summed E-state index contributed by atoms with van der Waals surface area (Å²) in [7, 11) is 1.60. The summed E-state index contributed by atoms with van der Waals surface area (Å²) in [5.41, 5.74) is 5.22. The van der Waals surface area contributed by atoms with Gasteiger partial charge in [0.1, 0.15) is 11.4 Å². The molecule has 3 rings (SSSR count). The number of carbonyl (C=O) groups excluding carboxylic acids is 1. The van der Waals surface area contributed by atoms with Gasteiger partial charge in [0.15, 0.2) is 0 Å². The lowest BCUT2D eigenvalue weighted by molar-refractivity contribution is 0.0950. The lowest BCUT2D eigenvalue weighted by atomic mass is 10.1. The van der Waals surface area contributed by atoms with Crippen molar-refractivity contribution in [1.82, 2.24) is 15.6 Å². The smallest absolute Gasteiger partial charge is 0.289 e. The minimum atomic E-state index is -0.358. The SMILES string of the molecule is COc1cccc(-c2cc(C(=O)N/N=C\c3ccccc3)[nH]n2)c1. The van der Waals surface area contributed by atoms with Gasteiger partial charge in [-0.3, -0.25) is 9.89 Å². The fraction of sp³-hybridized carbons (Fsp3) is 0.0556. The fourth-order valence-corrected chi connectivity index (χ4v) is 2.13. The molecule has 2 N–H and O–H groups in total. The molecule has 0 aliphatic heterocycles. The molecule has 0 aliphatic carbocycles. The Morgan fingerprint density at radius 1 is 1.17 bits per heavy atom. The largest absolute Gasteiger partial charge is 0.497 e. The highest BCUT2D eigenvalue weighted by Crippen LogP contribution is 2.22. The lowest BCUT2D eigenvalue weighted by Crippen LogP contribution is -2.17. The summed E-state index contributed by atoms with van der Waals surface area (Å²) in [5.74, 6) is 0.373. The van der Waals surface area contributed by atoms with Crippen LogP contribution in [0, 0.1) is 0 Å². The Morgan fingerprint density at radius 2 is 2.00 bits per heavy atom. The number of carbonyl (C=O) groups is 1. The summed E-state index contributed by atoms with van der Waals surface area (Å²) >= 11 is 0. The number of nitrogens with one attached hydrogen (secondary N) is 2. The van der Waals surface area contributed by atoms with Crippen molar-refractivity contribution < 1.29 is 9.53 Å². The van der Waals surface area contributed by atoms with Gasteiger partial charge in [0.2, 0.25) is 0 Å². The zero-order valence-corrected chi connectivity index (χ0v) is 13.1. The second-order valence-corrected chi connectivity index (χ2v) is 5.01. The molecule has 1 amide bonds. The van der Waals surface area contributed by atoms with Gasteiger partial charge in [-0.2, -0.15) is 10.2 Å². The van der Waals surface area contributed by atoms with Gasteiger partial charge in [-0.1, -0.05) is 42.5 Å². The maximum Gasteiger partial charge on any atom is 0.289 e. The van der Waals surface area contributed by atoms with Crippen LogP contribution in [-0.2, 0) is 0 Å². The lowest BCUT2D eigenvalue weighted by Gasteiger charge is -2.00. The van der Waals surface area contributed by atoms with E-state index in [0.29, 0.717) is 11.4 Å². The predicted octanol–water partition coefficient (Wildman–Crippen LogP) is 2.85. The standard InChI is InChI=1S/C18H16N4O2/c1-24-15-9-5-8-14(10-15)16-11-17(21-20-16)18(23)22-19-12-13-6-3-2-4-7-13/h2-12H,1H3,(H,20,21)(H,22,23)/b19-12-. The summed E-state index contributed by atoms with van der Waals surface area (Å²) in [6.07, 6.45) is 1.58. The third-order valence-electron chi connectivity index (χ3n) is 3.37. The molecule has 0 saturated carbocycles. The molecular weight excluding hydrogens is 304 g/mol. The summed E-state index contributed by atoms with van der Waals surface area (Å²) in [6.45, 7) is 0. The first-order valence-electron chi connectivity index (χ1n) is 7.34. The van der Waals surface area contributed by atoms with Crippen LogP contribution in [0.5, 0.6) is 5.75 Å². The van der Waals surface area contributed by atoms with E-state index in [-0.39, 0.29) is 5.91 Å². The normalized spacial score (nSPS) is 10.7. The Kier molecular flexibility index (Phi) is 4.67. The number of nitrogens with zero attached hydrogens (tertiary/aromatic N) is 2. The van der Waals surface area contributed by atoms with Crippen molar-refractivity contribution in [2.75, 3.05) is 7.11 Å². The molecular formula is C18H16N4O2. The second-order valence-electron chi connectivity index (χ2n) is 5.01. The number of ether oxygens (including phenoxy) is 1. The highest BCUT2D eigenvalue weighted by atomic mass is 16.5. The molecule has 0 atom stereocenters. The first-order chi connectivity index (χ1) is 11.8. The quantitative estimate of drug-likeness (QED) is 0.560. The number of aromatic nitrogens is 2. The Bertz CT molecular complexity index is 856. The molecule has 2 aromatic carbocycles. The molecule has 3 aromatic rings. The van der Waals surface area contributed by atoms with Crippen LogP contribution in [0.15, 0.2) is 65.8 Å². The van der Waals surface area contributed by atoms with Crippen molar-refractivity contribution in [3.63, 3.8) is 0 Å². The van der Waals surface area contributed by atoms with Crippen molar-refractivity contribution >= 4 is 12.1 Å². The van der Waals surface area contributed by atoms with Gasteiger partial charge in [0.05, 0.1) is 19.0 Å².